The second kappa shape index (κ2) is 7.48. The first-order valence-corrected chi connectivity index (χ1v) is 8.22. The average Bonchev–Trinajstić information content (AvgIpc) is 2.63. The molecular weight excluding hydrogens is 320 g/mol. The van der Waals surface area contributed by atoms with E-state index in [1.807, 2.05) is 30.0 Å². The van der Waals surface area contributed by atoms with Gasteiger partial charge in [0.25, 0.3) is 0 Å². The van der Waals surface area contributed by atoms with Gasteiger partial charge in [-0.25, -0.2) is 4.98 Å². The Morgan fingerprint density at radius 2 is 2.00 bits per heavy atom. The van der Waals surface area contributed by atoms with Gasteiger partial charge >= 0.3 is 5.97 Å². The van der Waals surface area contributed by atoms with Crippen LogP contribution >= 0.6 is 0 Å². The highest BCUT2D eigenvalue weighted by Crippen LogP contribution is 2.28. The number of hydrogen-bond donors (Lipinski definition) is 1. The predicted octanol–water partition coefficient (Wildman–Crippen LogP) is 1.74. The van der Waals surface area contributed by atoms with Crippen molar-refractivity contribution in [3.8, 4) is 5.75 Å². The van der Waals surface area contributed by atoms with Crippen molar-refractivity contribution < 1.29 is 14.6 Å². The molecule has 0 bridgehead atoms. The minimum absolute atomic E-state index is 0.651. The molecule has 7 heteroatoms. The number of piperazine rings is 1. The largest absolute Gasteiger partial charge is 0.496 e. The standard InChI is InChI=1S/C18H22N4O3/c1-13-11-14(3-4-15(13)25-2)17(18(23)24)22-9-7-21(8-10-22)16-12-19-5-6-20-16/h3-6,11-12,17H,7-10H2,1-2H3,(H,23,24)/t17-/m1/s1. The van der Waals surface area contributed by atoms with Crippen molar-refractivity contribution in [2.24, 2.45) is 0 Å². The Bertz CT molecular complexity index is 730. The molecule has 1 atom stereocenters. The first-order valence-electron chi connectivity index (χ1n) is 8.22. The smallest absolute Gasteiger partial charge is 0.325 e. The summed E-state index contributed by atoms with van der Waals surface area (Å²) in [5, 5.41) is 9.77. The Labute approximate surface area is 146 Å². The third-order valence-electron chi connectivity index (χ3n) is 4.52. The number of aromatic nitrogens is 2. The van der Waals surface area contributed by atoms with Crippen LogP contribution in [-0.4, -0.2) is 59.2 Å². The Hall–Kier alpha value is -2.67. The molecule has 0 amide bonds. The van der Waals surface area contributed by atoms with Crippen molar-refractivity contribution >= 4 is 11.8 Å². The number of benzene rings is 1. The molecule has 0 aliphatic carbocycles. The Balaban J connectivity index is 1.74. The quantitative estimate of drug-likeness (QED) is 0.886. The number of ether oxygens (including phenoxy) is 1. The van der Waals surface area contributed by atoms with Gasteiger partial charge in [0.2, 0.25) is 0 Å². The second-order valence-corrected chi connectivity index (χ2v) is 6.06. The van der Waals surface area contributed by atoms with Crippen molar-refractivity contribution in [2.75, 3.05) is 38.2 Å². The van der Waals surface area contributed by atoms with Crippen molar-refractivity contribution in [3.05, 3.63) is 47.9 Å². The highest BCUT2D eigenvalue weighted by Gasteiger charge is 2.31. The molecule has 1 fully saturated rings. The van der Waals surface area contributed by atoms with Gasteiger partial charge in [-0.3, -0.25) is 14.7 Å². The van der Waals surface area contributed by atoms with E-state index >= 15 is 0 Å². The minimum atomic E-state index is -0.836. The van der Waals surface area contributed by atoms with Gasteiger partial charge < -0.3 is 14.7 Å². The monoisotopic (exact) mass is 342 g/mol. The summed E-state index contributed by atoms with van der Waals surface area (Å²) >= 11 is 0. The summed E-state index contributed by atoms with van der Waals surface area (Å²) in [6, 6.07) is 4.90. The maximum atomic E-state index is 11.9. The summed E-state index contributed by atoms with van der Waals surface area (Å²) in [5.74, 6) is 0.757. The summed E-state index contributed by atoms with van der Waals surface area (Å²) in [5.41, 5.74) is 1.71. The van der Waals surface area contributed by atoms with Crippen LogP contribution in [-0.2, 0) is 4.79 Å². The molecule has 0 saturated carbocycles. The summed E-state index contributed by atoms with van der Waals surface area (Å²) < 4.78 is 5.27. The Kier molecular flexibility index (Phi) is 5.14. The van der Waals surface area contributed by atoms with Crippen LogP contribution in [0.25, 0.3) is 0 Å². The van der Waals surface area contributed by atoms with Crippen LogP contribution in [0.5, 0.6) is 5.75 Å². The maximum Gasteiger partial charge on any atom is 0.325 e. The van der Waals surface area contributed by atoms with Gasteiger partial charge in [0, 0.05) is 38.6 Å². The topological polar surface area (TPSA) is 78.8 Å². The zero-order chi connectivity index (χ0) is 17.8. The average molecular weight is 342 g/mol. The number of nitrogens with zero attached hydrogens (tertiary/aromatic N) is 4. The lowest BCUT2D eigenvalue weighted by Gasteiger charge is -2.38. The molecule has 2 heterocycles. The van der Waals surface area contributed by atoms with Crippen LogP contribution in [0, 0.1) is 6.92 Å². The van der Waals surface area contributed by atoms with E-state index < -0.39 is 12.0 Å². The van der Waals surface area contributed by atoms with Crippen molar-refractivity contribution in [3.63, 3.8) is 0 Å². The Morgan fingerprint density at radius 1 is 1.24 bits per heavy atom. The molecule has 0 radical (unpaired) electrons. The van der Waals surface area contributed by atoms with Crippen LogP contribution in [0.4, 0.5) is 5.82 Å². The van der Waals surface area contributed by atoms with Crippen molar-refractivity contribution in [2.45, 2.75) is 13.0 Å². The first kappa shape index (κ1) is 17.2. The van der Waals surface area contributed by atoms with Gasteiger partial charge in [-0.15, -0.1) is 0 Å². The number of carboxylic acids is 1. The van der Waals surface area contributed by atoms with Crippen LogP contribution in [0.2, 0.25) is 0 Å². The molecule has 7 nitrogen and oxygen atoms in total. The molecule has 0 unspecified atom stereocenters. The molecule has 1 aromatic carbocycles. The van der Waals surface area contributed by atoms with Gasteiger partial charge in [-0.2, -0.15) is 0 Å². The van der Waals surface area contributed by atoms with Gasteiger partial charge in [-0.1, -0.05) is 12.1 Å². The summed E-state index contributed by atoms with van der Waals surface area (Å²) in [4.78, 5) is 24.4. The van der Waals surface area contributed by atoms with Crippen molar-refractivity contribution in [1.29, 1.82) is 0 Å². The zero-order valence-corrected chi connectivity index (χ0v) is 14.4. The molecule has 132 valence electrons. The van der Waals surface area contributed by atoms with Gasteiger partial charge in [-0.05, 0) is 24.1 Å². The summed E-state index contributed by atoms with van der Waals surface area (Å²) in [7, 11) is 1.61. The second-order valence-electron chi connectivity index (χ2n) is 6.06. The van der Waals surface area contributed by atoms with E-state index in [1.165, 1.54) is 0 Å². The van der Waals surface area contributed by atoms with E-state index in [2.05, 4.69) is 14.9 Å². The number of aryl methyl sites for hydroxylation is 1. The fourth-order valence-corrected chi connectivity index (χ4v) is 3.25. The zero-order valence-electron chi connectivity index (χ0n) is 14.4. The number of rotatable bonds is 5. The lowest BCUT2D eigenvalue weighted by atomic mass is 10.0. The van der Waals surface area contributed by atoms with E-state index in [1.54, 1.807) is 25.7 Å². The van der Waals surface area contributed by atoms with Gasteiger partial charge in [0.15, 0.2) is 0 Å². The molecule has 1 saturated heterocycles. The molecule has 3 rings (SSSR count). The lowest BCUT2D eigenvalue weighted by Crippen LogP contribution is -2.49. The third-order valence-corrected chi connectivity index (χ3v) is 4.52. The first-order chi connectivity index (χ1) is 12.1. The van der Waals surface area contributed by atoms with Crippen molar-refractivity contribution in [1.82, 2.24) is 14.9 Å². The number of carbonyl (C=O) groups is 1. The molecule has 2 aromatic rings. The fraction of sp³-hybridized carbons (Fsp3) is 0.389. The number of carboxylic acid groups (broad SMARTS) is 1. The van der Waals surface area contributed by atoms with Crippen LogP contribution in [0.1, 0.15) is 17.2 Å². The number of methoxy groups -OCH3 is 1. The maximum absolute atomic E-state index is 11.9. The fourth-order valence-electron chi connectivity index (χ4n) is 3.25. The predicted molar refractivity (Wildman–Crippen MR) is 93.9 cm³/mol. The third kappa shape index (κ3) is 3.71. The molecule has 1 aliphatic rings. The molecule has 0 spiro atoms. The van der Waals surface area contributed by atoms with Crippen LogP contribution in [0.15, 0.2) is 36.8 Å². The summed E-state index contributed by atoms with van der Waals surface area (Å²) in [6.07, 6.45) is 5.05. The lowest BCUT2D eigenvalue weighted by molar-refractivity contribution is -0.143. The van der Waals surface area contributed by atoms with Gasteiger partial charge in [0.05, 0.1) is 13.3 Å². The van der Waals surface area contributed by atoms with E-state index in [4.69, 9.17) is 4.74 Å². The molecule has 25 heavy (non-hydrogen) atoms. The Morgan fingerprint density at radius 3 is 2.56 bits per heavy atom. The van der Waals surface area contributed by atoms with E-state index in [0.29, 0.717) is 13.1 Å². The molecular formula is C18H22N4O3. The number of hydrogen-bond acceptors (Lipinski definition) is 6. The van der Waals surface area contributed by atoms with Crippen LogP contribution in [0.3, 0.4) is 0 Å². The molecule has 1 aromatic heterocycles. The SMILES string of the molecule is COc1ccc([C@H](C(=O)O)N2CCN(c3cnccn3)CC2)cc1C. The van der Waals surface area contributed by atoms with E-state index in [-0.39, 0.29) is 0 Å². The number of anilines is 1. The number of aliphatic carboxylic acids is 1. The highest BCUT2D eigenvalue weighted by atomic mass is 16.5. The summed E-state index contributed by atoms with van der Waals surface area (Å²) in [6.45, 7) is 4.67. The molecule has 1 aliphatic heterocycles. The van der Waals surface area contributed by atoms with E-state index in [9.17, 15) is 9.90 Å². The van der Waals surface area contributed by atoms with Crippen LogP contribution < -0.4 is 9.64 Å². The highest BCUT2D eigenvalue weighted by molar-refractivity contribution is 5.76. The minimum Gasteiger partial charge on any atom is -0.496 e. The van der Waals surface area contributed by atoms with Gasteiger partial charge in [0.1, 0.15) is 17.6 Å². The molecule has 1 N–H and O–H groups in total. The normalized spacial score (nSPS) is 16.5. The van der Waals surface area contributed by atoms with E-state index in [0.717, 1.165) is 35.8 Å².